The van der Waals surface area contributed by atoms with Crippen LogP contribution in [0.15, 0.2) is 47.6 Å². The second-order valence-corrected chi connectivity index (χ2v) is 5.10. The fourth-order valence-electron chi connectivity index (χ4n) is 1.62. The largest absolute Gasteiger partial charge is 0.392 e. The van der Waals surface area contributed by atoms with Gasteiger partial charge in [0.15, 0.2) is 0 Å². The lowest BCUT2D eigenvalue weighted by Gasteiger charge is -2.08. The van der Waals surface area contributed by atoms with Crippen LogP contribution in [0.4, 0.5) is 0 Å². The molecule has 0 aliphatic heterocycles. The van der Waals surface area contributed by atoms with Crippen molar-refractivity contribution < 1.29 is 5.11 Å². The van der Waals surface area contributed by atoms with Crippen molar-refractivity contribution in [2.45, 2.75) is 17.4 Å². The van der Waals surface area contributed by atoms with Crippen LogP contribution in [0.5, 0.6) is 0 Å². The smallest absolute Gasteiger partial charge is 0.0675 e. The fraction of sp³-hybridized carbons (Fsp3) is 0.308. The average molecular weight is 248 g/mol. The quantitative estimate of drug-likeness (QED) is 0.824. The normalized spacial score (nSPS) is 12.6. The Labute approximate surface area is 105 Å². The van der Waals surface area contributed by atoms with Gasteiger partial charge < -0.3 is 5.11 Å². The van der Waals surface area contributed by atoms with Crippen LogP contribution in [0, 0.1) is 0 Å². The molecular weight excluding hydrogens is 232 g/mol. The number of rotatable bonds is 5. The van der Waals surface area contributed by atoms with E-state index in [0.717, 1.165) is 5.56 Å². The van der Waals surface area contributed by atoms with Gasteiger partial charge in [-0.1, -0.05) is 18.2 Å². The van der Waals surface area contributed by atoms with Crippen molar-refractivity contribution in [2.75, 3.05) is 5.75 Å². The van der Waals surface area contributed by atoms with Gasteiger partial charge in [0.1, 0.15) is 0 Å². The highest BCUT2D eigenvalue weighted by molar-refractivity contribution is 7.99. The highest BCUT2D eigenvalue weighted by Crippen LogP contribution is 2.18. The second kappa shape index (κ2) is 5.89. The maximum atomic E-state index is 9.92. The van der Waals surface area contributed by atoms with Crippen LogP contribution in [-0.2, 0) is 13.5 Å². The van der Waals surface area contributed by atoms with Crippen LogP contribution in [-0.4, -0.2) is 26.7 Å². The summed E-state index contributed by atoms with van der Waals surface area (Å²) in [5, 5.41) is 14.0. The predicted molar refractivity (Wildman–Crippen MR) is 70.1 cm³/mol. The highest BCUT2D eigenvalue weighted by Gasteiger charge is 2.07. The number of aromatic nitrogens is 2. The molecule has 1 unspecified atom stereocenters. The highest BCUT2D eigenvalue weighted by atomic mass is 32.2. The summed E-state index contributed by atoms with van der Waals surface area (Å²) < 4.78 is 1.76. The lowest BCUT2D eigenvalue weighted by Crippen LogP contribution is -2.13. The number of aryl methyl sites for hydroxylation is 1. The summed E-state index contributed by atoms with van der Waals surface area (Å²) in [6, 6.07) is 10.1. The van der Waals surface area contributed by atoms with Crippen LogP contribution in [0.3, 0.4) is 0 Å². The van der Waals surface area contributed by atoms with Crippen molar-refractivity contribution >= 4 is 11.8 Å². The van der Waals surface area contributed by atoms with Crippen LogP contribution >= 0.6 is 11.8 Å². The summed E-state index contributed by atoms with van der Waals surface area (Å²) in [7, 11) is 1.88. The first-order valence-electron chi connectivity index (χ1n) is 5.57. The van der Waals surface area contributed by atoms with E-state index in [0.29, 0.717) is 12.2 Å². The zero-order valence-corrected chi connectivity index (χ0v) is 10.6. The van der Waals surface area contributed by atoms with Gasteiger partial charge >= 0.3 is 0 Å². The van der Waals surface area contributed by atoms with E-state index in [2.05, 4.69) is 17.2 Å². The Kier molecular flexibility index (Phi) is 4.23. The second-order valence-electron chi connectivity index (χ2n) is 4.00. The molecule has 1 atom stereocenters. The summed E-state index contributed by atoms with van der Waals surface area (Å²) >= 11 is 1.68. The summed E-state index contributed by atoms with van der Waals surface area (Å²) in [6.45, 7) is 0. The topological polar surface area (TPSA) is 38.0 Å². The number of thioether (sulfide) groups is 1. The molecule has 1 aromatic heterocycles. The van der Waals surface area contributed by atoms with Gasteiger partial charge in [0.05, 0.1) is 12.3 Å². The molecule has 0 bridgehead atoms. The molecule has 90 valence electrons. The molecule has 1 heterocycles. The Morgan fingerprint density at radius 3 is 2.76 bits per heavy atom. The van der Waals surface area contributed by atoms with Crippen LogP contribution in [0.2, 0.25) is 0 Å². The van der Waals surface area contributed by atoms with Gasteiger partial charge in [0.2, 0.25) is 0 Å². The molecule has 3 nitrogen and oxygen atoms in total. The third kappa shape index (κ3) is 3.91. The van der Waals surface area contributed by atoms with E-state index in [-0.39, 0.29) is 6.10 Å². The molecule has 4 heteroatoms. The van der Waals surface area contributed by atoms with Crippen LogP contribution < -0.4 is 0 Å². The Bertz CT molecular complexity index is 455. The van der Waals surface area contributed by atoms with Crippen molar-refractivity contribution in [2.24, 2.45) is 7.05 Å². The minimum atomic E-state index is -0.329. The Hall–Kier alpha value is -1.26. The van der Waals surface area contributed by atoms with Gasteiger partial charge in [-0.05, 0) is 17.7 Å². The standard InChI is InChI=1S/C13H16N2OS/c1-15-9-11(8-14-15)7-12(16)10-17-13-5-3-2-4-6-13/h2-6,8-9,12,16H,7,10H2,1H3. The van der Waals surface area contributed by atoms with Gasteiger partial charge in [-0.3, -0.25) is 4.68 Å². The summed E-state index contributed by atoms with van der Waals surface area (Å²) in [4.78, 5) is 1.19. The molecule has 0 radical (unpaired) electrons. The molecule has 0 aliphatic carbocycles. The zero-order chi connectivity index (χ0) is 12.1. The number of benzene rings is 1. The van der Waals surface area contributed by atoms with E-state index in [4.69, 9.17) is 0 Å². The first-order valence-corrected chi connectivity index (χ1v) is 6.56. The van der Waals surface area contributed by atoms with E-state index < -0.39 is 0 Å². The molecule has 1 N–H and O–H groups in total. The molecule has 0 spiro atoms. The molecule has 0 saturated carbocycles. The minimum absolute atomic E-state index is 0.329. The van der Waals surface area contributed by atoms with Crippen molar-refractivity contribution in [1.82, 2.24) is 9.78 Å². The molecule has 0 amide bonds. The van der Waals surface area contributed by atoms with Gasteiger partial charge in [-0.2, -0.15) is 5.10 Å². The van der Waals surface area contributed by atoms with E-state index >= 15 is 0 Å². The van der Waals surface area contributed by atoms with Gasteiger partial charge in [0.25, 0.3) is 0 Å². The summed E-state index contributed by atoms with van der Waals surface area (Å²) in [6.07, 6.45) is 4.07. The van der Waals surface area contributed by atoms with Gasteiger partial charge in [0, 0.05) is 30.3 Å². The van der Waals surface area contributed by atoms with Crippen LogP contribution in [0.1, 0.15) is 5.56 Å². The number of aliphatic hydroxyl groups excluding tert-OH is 1. The first kappa shape index (κ1) is 12.2. The molecular formula is C13H16N2OS. The van der Waals surface area contributed by atoms with E-state index in [1.807, 2.05) is 31.4 Å². The number of hydrogen-bond donors (Lipinski definition) is 1. The maximum Gasteiger partial charge on any atom is 0.0675 e. The zero-order valence-electron chi connectivity index (χ0n) is 9.78. The number of nitrogens with zero attached hydrogens (tertiary/aromatic N) is 2. The maximum absolute atomic E-state index is 9.92. The molecule has 0 fully saturated rings. The molecule has 17 heavy (non-hydrogen) atoms. The Morgan fingerprint density at radius 2 is 2.12 bits per heavy atom. The van der Waals surface area contributed by atoms with Gasteiger partial charge in [-0.25, -0.2) is 0 Å². The van der Waals surface area contributed by atoms with Gasteiger partial charge in [-0.15, -0.1) is 11.8 Å². The molecule has 2 rings (SSSR count). The lowest BCUT2D eigenvalue weighted by molar-refractivity contribution is 0.200. The molecule has 0 aliphatic rings. The average Bonchev–Trinajstić information content (AvgIpc) is 2.73. The minimum Gasteiger partial charge on any atom is -0.392 e. The summed E-state index contributed by atoms with van der Waals surface area (Å²) in [5.41, 5.74) is 1.08. The molecule has 2 aromatic rings. The van der Waals surface area contributed by atoms with Crippen molar-refractivity contribution in [3.05, 3.63) is 48.3 Å². The SMILES string of the molecule is Cn1cc(CC(O)CSc2ccccc2)cn1. The van der Waals surface area contributed by atoms with Crippen molar-refractivity contribution in [1.29, 1.82) is 0 Å². The van der Waals surface area contributed by atoms with Crippen molar-refractivity contribution in [3.8, 4) is 0 Å². The fourth-order valence-corrected chi connectivity index (χ4v) is 2.47. The number of hydrogen-bond acceptors (Lipinski definition) is 3. The number of aliphatic hydroxyl groups is 1. The summed E-state index contributed by atoms with van der Waals surface area (Å²) in [5.74, 6) is 0.707. The van der Waals surface area contributed by atoms with Crippen molar-refractivity contribution in [3.63, 3.8) is 0 Å². The van der Waals surface area contributed by atoms with E-state index in [1.54, 1.807) is 22.6 Å². The van der Waals surface area contributed by atoms with E-state index in [9.17, 15) is 5.11 Å². The predicted octanol–water partition coefficient (Wildman–Crippen LogP) is 2.12. The Morgan fingerprint density at radius 1 is 1.35 bits per heavy atom. The van der Waals surface area contributed by atoms with E-state index in [1.165, 1.54) is 4.90 Å². The monoisotopic (exact) mass is 248 g/mol. The third-order valence-corrected chi connectivity index (χ3v) is 3.57. The first-order chi connectivity index (χ1) is 8.24. The third-order valence-electron chi connectivity index (χ3n) is 2.42. The molecule has 0 saturated heterocycles. The molecule has 1 aromatic carbocycles. The Balaban J connectivity index is 1.80. The van der Waals surface area contributed by atoms with Crippen LogP contribution in [0.25, 0.3) is 0 Å². The lowest BCUT2D eigenvalue weighted by atomic mass is 10.2.